The molecule has 0 aliphatic heterocycles. The molecule has 0 aromatic heterocycles. The number of aryl methyl sites for hydroxylation is 3. The summed E-state index contributed by atoms with van der Waals surface area (Å²) in [6.07, 6.45) is 5.63. The highest BCUT2D eigenvalue weighted by atomic mass is 16.4. The Morgan fingerprint density at radius 1 is 1.05 bits per heavy atom. The fourth-order valence-corrected chi connectivity index (χ4v) is 3.27. The van der Waals surface area contributed by atoms with Crippen molar-refractivity contribution >= 4 is 5.97 Å². The van der Waals surface area contributed by atoms with Gasteiger partial charge in [0.05, 0.1) is 5.41 Å². The van der Waals surface area contributed by atoms with Gasteiger partial charge in [0.15, 0.2) is 0 Å². The first-order valence-electron chi connectivity index (χ1n) is 7.25. The van der Waals surface area contributed by atoms with Crippen LogP contribution in [0.25, 0.3) is 0 Å². The summed E-state index contributed by atoms with van der Waals surface area (Å²) in [7, 11) is 0. The van der Waals surface area contributed by atoms with E-state index in [1.54, 1.807) is 0 Å². The predicted molar refractivity (Wildman–Crippen MR) is 77.5 cm³/mol. The number of rotatable bonds is 3. The van der Waals surface area contributed by atoms with Gasteiger partial charge in [0.1, 0.15) is 0 Å². The Labute approximate surface area is 115 Å². The van der Waals surface area contributed by atoms with E-state index in [4.69, 9.17) is 0 Å². The van der Waals surface area contributed by atoms with Gasteiger partial charge >= 0.3 is 5.97 Å². The van der Waals surface area contributed by atoms with Gasteiger partial charge in [-0.3, -0.25) is 4.79 Å². The number of aliphatic carboxylic acids is 1. The van der Waals surface area contributed by atoms with E-state index >= 15 is 0 Å². The van der Waals surface area contributed by atoms with Gasteiger partial charge in [-0.05, 0) is 62.3 Å². The molecule has 1 N–H and O–H groups in total. The molecule has 0 saturated heterocycles. The number of carboxylic acid groups (broad SMARTS) is 1. The quantitative estimate of drug-likeness (QED) is 0.884. The van der Waals surface area contributed by atoms with Crippen LogP contribution in [-0.2, 0) is 11.2 Å². The summed E-state index contributed by atoms with van der Waals surface area (Å²) in [6.45, 7) is 6.31. The van der Waals surface area contributed by atoms with Gasteiger partial charge < -0.3 is 5.11 Å². The topological polar surface area (TPSA) is 37.3 Å². The summed E-state index contributed by atoms with van der Waals surface area (Å²) in [5, 5.41) is 9.66. The second-order valence-electron chi connectivity index (χ2n) is 6.19. The fourth-order valence-electron chi connectivity index (χ4n) is 3.27. The van der Waals surface area contributed by atoms with Crippen molar-refractivity contribution in [3.05, 3.63) is 34.4 Å². The highest BCUT2D eigenvalue weighted by Crippen LogP contribution is 2.40. The Bertz CT molecular complexity index is 482. The summed E-state index contributed by atoms with van der Waals surface area (Å²) < 4.78 is 0. The van der Waals surface area contributed by atoms with Crippen LogP contribution in [0.5, 0.6) is 0 Å². The van der Waals surface area contributed by atoms with E-state index < -0.39 is 11.4 Å². The molecule has 104 valence electrons. The van der Waals surface area contributed by atoms with Gasteiger partial charge in [-0.1, -0.05) is 31.4 Å². The van der Waals surface area contributed by atoms with Crippen molar-refractivity contribution in [2.75, 3.05) is 0 Å². The molecule has 0 unspecified atom stereocenters. The lowest BCUT2D eigenvalue weighted by Gasteiger charge is -2.34. The van der Waals surface area contributed by atoms with Crippen molar-refractivity contribution in [3.63, 3.8) is 0 Å². The molecule has 1 fully saturated rings. The van der Waals surface area contributed by atoms with Crippen LogP contribution in [0.4, 0.5) is 0 Å². The lowest BCUT2D eigenvalue weighted by atomic mass is 9.70. The largest absolute Gasteiger partial charge is 0.481 e. The zero-order chi connectivity index (χ0) is 14.0. The first-order valence-corrected chi connectivity index (χ1v) is 7.25. The number of carbonyl (C=O) groups is 1. The van der Waals surface area contributed by atoms with E-state index in [0.717, 1.165) is 25.7 Å². The molecule has 19 heavy (non-hydrogen) atoms. The summed E-state index contributed by atoms with van der Waals surface area (Å²) in [5.74, 6) is -0.607. The lowest BCUT2D eigenvalue weighted by molar-refractivity contribution is -0.151. The molecule has 2 rings (SSSR count). The fraction of sp³-hybridized carbons (Fsp3) is 0.588. The lowest BCUT2D eigenvalue weighted by Crippen LogP contribution is -2.35. The van der Waals surface area contributed by atoms with Crippen LogP contribution < -0.4 is 0 Å². The van der Waals surface area contributed by atoms with Gasteiger partial charge in [0.2, 0.25) is 0 Å². The van der Waals surface area contributed by atoms with Gasteiger partial charge in [-0.25, -0.2) is 0 Å². The Balaban J connectivity index is 2.32. The minimum absolute atomic E-state index is 0.523. The number of carboxylic acids is 1. The average Bonchev–Trinajstić information content (AvgIpc) is 2.37. The van der Waals surface area contributed by atoms with Crippen LogP contribution >= 0.6 is 0 Å². The highest BCUT2D eigenvalue weighted by Gasteiger charge is 2.39. The van der Waals surface area contributed by atoms with Crippen molar-refractivity contribution in [1.82, 2.24) is 0 Å². The van der Waals surface area contributed by atoms with Gasteiger partial charge in [-0.2, -0.15) is 0 Å². The average molecular weight is 260 g/mol. The van der Waals surface area contributed by atoms with Gasteiger partial charge in [0.25, 0.3) is 0 Å². The molecule has 1 aromatic carbocycles. The summed E-state index contributed by atoms with van der Waals surface area (Å²) in [4.78, 5) is 11.7. The van der Waals surface area contributed by atoms with Crippen LogP contribution in [-0.4, -0.2) is 11.1 Å². The normalized spacial score (nSPS) is 18.3. The van der Waals surface area contributed by atoms with Gasteiger partial charge in [0, 0.05) is 0 Å². The minimum Gasteiger partial charge on any atom is -0.481 e. The first-order chi connectivity index (χ1) is 8.94. The van der Waals surface area contributed by atoms with Crippen molar-refractivity contribution in [1.29, 1.82) is 0 Å². The van der Waals surface area contributed by atoms with Crippen molar-refractivity contribution in [3.8, 4) is 0 Å². The molecule has 0 amide bonds. The first kappa shape index (κ1) is 14.1. The molecular weight excluding hydrogens is 236 g/mol. The van der Waals surface area contributed by atoms with Crippen LogP contribution in [0.1, 0.15) is 54.4 Å². The molecule has 0 heterocycles. The zero-order valence-electron chi connectivity index (χ0n) is 12.3. The van der Waals surface area contributed by atoms with Crippen LogP contribution in [0.15, 0.2) is 12.1 Å². The number of benzene rings is 1. The van der Waals surface area contributed by atoms with E-state index in [9.17, 15) is 9.90 Å². The molecule has 0 spiro atoms. The maximum Gasteiger partial charge on any atom is 0.309 e. The molecular formula is C17H24O2. The molecule has 1 aliphatic carbocycles. The number of hydrogen-bond donors (Lipinski definition) is 1. The maximum absolute atomic E-state index is 11.7. The van der Waals surface area contributed by atoms with Crippen molar-refractivity contribution in [2.45, 2.75) is 59.3 Å². The zero-order valence-corrected chi connectivity index (χ0v) is 12.3. The van der Waals surface area contributed by atoms with E-state index in [1.165, 1.54) is 28.7 Å². The third kappa shape index (κ3) is 2.83. The molecule has 0 atom stereocenters. The molecule has 1 aromatic rings. The highest BCUT2D eigenvalue weighted by molar-refractivity contribution is 5.75. The SMILES string of the molecule is Cc1cc(C)c(CC2(C(=O)O)CCCCC2)cc1C. The van der Waals surface area contributed by atoms with E-state index in [0.29, 0.717) is 6.42 Å². The third-order valence-electron chi connectivity index (χ3n) is 4.75. The Morgan fingerprint density at radius 3 is 2.21 bits per heavy atom. The maximum atomic E-state index is 11.7. The smallest absolute Gasteiger partial charge is 0.309 e. The molecule has 1 aliphatic rings. The predicted octanol–water partition coefficient (Wildman–Crippen LogP) is 4.19. The Hall–Kier alpha value is -1.31. The summed E-state index contributed by atoms with van der Waals surface area (Å²) >= 11 is 0. The second-order valence-corrected chi connectivity index (χ2v) is 6.19. The summed E-state index contributed by atoms with van der Waals surface area (Å²) in [5.41, 5.74) is 4.47. The Morgan fingerprint density at radius 2 is 1.63 bits per heavy atom. The molecule has 0 bridgehead atoms. The molecule has 2 nitrogen and oxygen atoms in total. The van der Waals surface area contributed by atoms with Crippen LogP contribution in [0.2, 0.25) is 0 Å². The molecule has 1 saturated carbocycles. The van der Waals surface area contributed by atoms with Crippen molar-refractivity contribution < 1.29 is 9.90 Å². The Kier molecular flexibility index (Phi) is 3.98. The molecule has 0 radical (unpaired) electrons. The standard InChI is InChI=1S/C17H24O2/c1-12-9-14(3)15(10-13(12)2)11-17(16(18)19)7-5-4-6-8-17/h9-10H,4-8,11H2,1-3H3,(H,18,19). The van der Waals surface area contributed by atoms with Crippen LogP contribution in [0, 0.1) is 26.2 Å². The minimum atomic E-state index is -0.607. The van der Waals surface area contributed by atoms with Crippen molar-refractivity contribution in [2.24, 2.45) is 5.41 Å². The monoisotopic (exact) mass is 260 g/mol. The van der Waals surface area contributed by atoms with Gasteiger partial charge in [-0.15, -0.1) is 0 Å². The second kappa shape index (κ2) is 5.36. The van der Waals surface area contributed by atoms with E-state index in [-0.39, 0.29) is 0 Å². The van der Waals surface area contributed by atoms with E-state index in [1.807, 2.05) is 0 Å². The van der Waals surface area contributed by atoms with E-state index in [2.05, 4.69) is 32.9 Å². The summed E-state index contributed by atoms with van der Waals surface area (Å²) in [6, 6.07) is 4.37. The van der Waals surface area contributed by atoms with Crippen LogP contribution in [0.3, 0.4) is 0 Å². The molecule has 2 heteroatoms. The number of hydrogen-bond acceptors (Lipinski definition) is 1. The third-order valence-corrected chi connectivity index (χ3v) is 4.75.